The molecule has 0 amide bonds. The number of hydrogen-bond donors (Lipinski definition) is 10. The van der Waals surface area contributed by atoms with Crippen molar-refractivity contribution >= 4 is 31.7 Å². The Kier molecular flexibility index (Phi) is 66.1. The summed E-state index contributed by atoms with van der Waals surface area (Å²) in [4.78, 5) is 66.6. The minimum Gasteiger partial charge on any atom is -0.463 e. The number of carbonyl (C=O) groups is 4. The van der Waals surface area contributed by atoms with Crippen LogP contribution in [0.15, 0.2) is 12.2 Å². The van der Waals surface area contributed by atoms with Crippen LogP contribution >= 0.6 is 7.82 Å². The van der Waals surface area contributed by atoms with E-state index in [1.54, 1.807) is 0 Å². The van der Waals surface area contributed by atoms with Crippen molar-refractivity contribution < 1.29 is 122 Å². The van der Waals surface area contributed by atoms with Gasteiger partial charge in [0.2, 0.25) is 0 Å². The predicted octanol–water partition coefficient (Wildman–Crippen LogP) is 18.2. The van der Waals surface area contributed by atoms with E-state index in [1.807, 2.05) is 0 Å². The van der Waals surface area contributed by atoms with E-state index in [0.717, 1.165) is 148 Å². The Labute approximate surface area is 718 Å². The molecule has 1 aliphatic carbocycles. The van der Waals surface area contributed by atoms with E-state index in [2.05, 4.69) is 46.8 Å². The van der Waals surface area contributed by atoms with Crippen molar-refractivity contribution in [2.24, 2.45) is 5.92 Å². The lowest BCUT2D eigenvalue weighted by Gasteiger charge is -2.50. The van der Waals surface area contributed by atoms with Crippen molar-refractivity contribution in [2.45, 2.75) is 524 Å². The molecule has 0 spiro atoms. The molecule has 0 bridgehead atoms. The summed E-state index contributed by atoms with van der Waals surface area (Å²) >= 11 is 0. The highest BCUT2D eigenvalue weighted by Crippen LogP contribution is 2.49. The third kappa shape index (κ3) is 51.6. The third-order valence-corrected chi connectivity index (χ3v) is 24.9. The third-order valence-electron chi connectivity index (χ3n) is 23.9. The summed E-state index contributed by atoms with van der Waals surface area (Å²) in [6, 6.07) is 0. The van der Waals surface area contributed by atoms with Gasteiger partial charge in [-0.05, 0) is 57.3 Å². The zero-order chi connectivity index (χ0) is 86.9. The van der Waals surface area contributed by atoms with Crippen molar-refractivity contribution in [2.75, 3.05) is 26.4 Å². The first-order valence-corrected chi connectivity index (χ1v) is 49.8. The molecule has 3 aliphatic rings. The van der Waals surface area contributed by atoms with Gasteiger partial charge in [-0.3, -0.25) is 28.2 Å². The maximum absolute atomic E-state index is 14.9. The highest BCUT2D eigenvalue weighted by atomic mass is 31.2. The predicted molar refractivity (Wildman–Crippen MR) is 463 cm³/mol. The summed E-state index contributed by atoms with van der Waals surface area (Å²) < 4.78 is 73.6. The zero-order valence-corrected chi connectivity index (χ0v) is 75.7. The van der Waals surface area contributed by atoms with E-state index in [9.17, 15) is 74.6 Å². The molecular weight excluding hydrogens is 1550 g/mol. The molecule has 2 heterocycles. The molecule has 0 aromatic carbocycles. The summed E-state index contributed by atoms with van der Waals surface area (Å²) in [6.07, 6.45) is 29.1. The number of carbonyl (C=O) groups excluding carboxylic acids is 4. The van der Waals surface area contributed by atoms with Crippen LogP contribution < -0.4 is 0 Å². The van der Waals surface area contributed by atoms with Gasteiger partial charge >= 0.3 is 31.7 Å². The number of phosphoric ester groups is 1. The molecule has 19 atom stereocenters. The van der Waals surface area contributed by atoms with E-state index in [-0.39, 0.29) is 25.7 Å². The number of aliphatic hydroxyl groups excluding tert-OH is 9. The van der Waals surface area contributed by atoms with Crippen LogP contribution in [0.1, 0.15) is 420 Å². The Morgan fingerprint density at radius 3 is 1.09 bits per heavy atom. The lowest BCUT2D eigenvalue weighted by Crippen LogP contribution is -2.70. The van der Waals surface area contributed by atoms with Gasteiger partial charge < -0.3 is 88.7 Å². The van der Waals surface area contributed by atoms with Gasteiger partial charge in [0.1, 0.15) is 92.6 Å². The second-order valence-electron chi connectivity index (χ2n) is 34.9. The van der Waals surface area contributed by atoms with E-state index in [0.29, 0.717) is 38.0 Å². The fourth-order valence-electron chi connectivity index (χ4n) is 16.1. The highest BCUT2D eigenvalue weighted by molar-refractivity contribution is 7.47. The molecule has 26 heteroatoms. The van der Waals surface area contributed by atoms with Gasteiger partial charge in [0.25, 0.3) is 0 Å². The van der Waals surface area contributed by atoms with Crippen molar-refractivity contribution in [1.82, 2.24) is 0 Å². The normalized spacial score (nSPS) is 25.1. The zero-order valence-electron chi connectivity index (χ0n) is 74.8. The fraction of sp³-hybridized carbons (Fsp3) is 0.935. The summed E-state index contributed by atoms with van der Waals surface area (Å²) in [7, 11) is -5.81. The lowest BCUT2D eigenvalue weighted by molar-refractivity contribution is -0.360. The van der Waals surface area contributed by atoms with Crippen LogP contribution in [0.5, 0.6) is 0 Å². The lowest BCUT2D eigenvalue weighted by atomic mass is 9.84. The molecule has 0 radical (unpaired) electrons. The van der Waals surface area contributed by atoms with Gasteiger partial charge in [-0.1, -0.05) is 355 Å². The summed E-state index contributed by atoms with van der Waals surface area (Å²) in [5, 5.41) is 102. The molecule has 25 nitrogen and oxygen atoms in total. The van der Waals surface area contributed by atoms with E-state index < -0.39 is 162 Å². The molecule has 10 N–H and O–H groups in total. The number of ether oxygens (including phenoxy) is 8. The Bertz CT molecular complexity index is 2530. The number of phosphoric acid groups is 1. The first kappa shape index (κ1) is 110. The maximum atomic E-state index is 14.9. The van der Waals surface area contributed by atoms with Crippen molar-refractivity contribution in [3.05, 3.63) is 12.2 Å². The van der Waals surface area contributed by atoms with Crippen LogP contribution in [0.2, 0.25) is 0 Å². The number of aliphatic hydroxyl groups is 9. The van der Waals surface area contributed by atoms with Gasteiger partial charge in [0.15, 0.2) is 24.8 Å². The average Bonchev–Trinajstić information content (AvgIpc) is 0.754. The van der Waals surface area contributed by atoms with Crippen LogP contribution in [0.3, 0.4) is 0 Å². The molecule has 19 unspecified atom stereocenters. The molecule has 3 rings (SSSR count). The molecule has 2 saturated heterocycles. The van der Waals surface area contributed by atoms with Crippen molar-refractivity contribution in [3.8, 4) is 0 Å². The smallest absolute Gasteiger partial charge is 0.463 e. The minimum atomic E-state index is -5.81. The van der Waals surface area contributed by atoms with Crippen LogP contribution in [-0.2, 0) is 70.7 Å². The molecule has 0 aromatic rings. The van der Waals surface area contributed by atoms with Crippen LogP contribution in [0.4, 0.5) is 0 Å². The first-order chi connectivity index (χ1) is 57.6. The Hall–Kier alpha value is -2.79. The van der Waals surface area contributed by atoms with Gasteiger partial charge in [0.05, 0.1) is 13.2 Å². The minimum absolute atomic E-state index is 0.0108. The van der Waals surface area contributed by atoms with Gasteiger partial charge in [-0.2, -0.15) is 0 Å². The van der Waals surface area contributed by atoms with Crippen LogP contribution in [-0.4, -0.2) is 205 Å². The Balaban J connectivity index is 1.91. The highest BCUT2D eigenvalue weighted by Gasteiger charge is 2.60. The SMILES string of the molecule is CCCCCC/C=C\CCCCCCCCCC(=O)OCC1OC(OC2C(OC(=O)CCCCCCCCCCCCCCC)C(O)C(O)C(OC3OC(CO)C(O)C(O)C3O)C2OP(=O)(O)OCC(COC(=O)CCCCCCCCC(C)CCCCCCCC)OC(=O)CCCCCCCCCCCCCCCCCC)C(O)C(O)C1O. The largest absolute Gasteiger partial charge is 0.472 e. The molecular formula is C93H173O25P. The van der Waals surface area contributed by atoms with Crippen LogP contribution in [0, 0.1) is 5.92 Å². The summed E-state index contributed by atoms with van der Waals surface area (Å²) in [5.74, 6) is -2.26. The summed E-state index contributed by atoms with van der Waals surface area (Å²) in [6.45, 7) is 7.94. The molecule has 700 valence electrons. The van der Waals surface area contributed by atoms with Gasteiger partial charge in [0, 0.05) is 25.7 Å². The molecule has 0 aromatic heterocycles. The standard InChI is InChI=1S/C93H173O25P/c1-6-10-14-18-22-25-28-31-33-35-38-41-43-46-54-60-66-78(97)112-73(69-109-76(95)64-58-53-49-48-51-57-63-72(5)62-56-50-21-17-13-9-4)70-111-119(107,108)118-91-89(116-92-86(105)82(101)80(99)74(68-94)113-92)85(104)84(103)88(115-79(98)67-61-55-47-44-40-36-30-27-24-20-16-12-8-3)90(91)117-93-87(106)83(102)81(100)75(114-93)71-110-77(96)65-59-52-45-42-39-37-34-32-29-26-23-19-15-11-7-2/h26,29,72-75,80-94,99-106H,6-25,27-28,30-71H2,1-5H3,(H,107,108)/b29-26-. The van der Waals surface area contributed by atoms with Gasteiger partial charge in [-0.15, -0.1) is 0 Å². The number of unbranched alkanes of at least 4 members (excludes halogenated alkanes) is 48. The van der Waals surface area contributed by atoms with Crippen molar-refractivity contribution in [3.63, 3.8) is 0 Å². The second-order valence-corrected chi connectivity index (χ2v) is 36.3. The first-order valence-electron chi connectivity index (χ1n) is 48.3. The van der Waals surface area contributed by atoms with Gasteiger partial charge in [-0.25, -0.2) is 4.57 Å². The number of esters is 4. The van der Waals surface area contributed by atoms with Crippen LogP contribution in [0.25, 0.3) is 0 Å². The Morgan fingerprint density at radius 1 is 0.353 bits per heavy atom. The number of allylic oxidation sites excluding steroid dienone is 2. The fourth-order valence-corrected chi connectivity index (χ4v) is 17.1. The van der Waals surface area contributed by atoms with E-state index in [4.69, 9.17) is 46.9 Å². The van der Waals surface area contributed by atoms with E-state index >= 15 is 0 Å². The number of rotatable bonds is 78. The number of hydrogen-bond acceptors (Lipinski definition) is 24. The second kappa shape index (κ2) is 71.3. The quantitative estimate of drug-likeness (QED) is 0.00889. The van der Waals surface area contributed by atoms with E-state index in [1.165, 1.54) is 180 Å². The maximum Gasteiger partial charge on any atom is 0.472 e. The molecule has 2 aliphatic heterocycles. The average molecular weight is 1720 g/mol. The topological polar surface area (TPSA) is 380 Å². The Morgan fingerprint density at radius 2 is 0.681 bits per heavy atom. The molecule has 3 fully saturated rings. The molecule has 1 saturated carbocycles. The monoisotopic (exact) mass is 1720 g/mol. The summed E-state index contributed by atoms with van der Waals surface area (Å²) in [5.41, 5.74) is 0. The van der Waals surface area contributed by atoms with Crippen molar-refractivity contribution in [1.29, 1.82) is 0 Å². The molecule has 119 heavy (non-hydrogen) atoms.